The van der Waals surface area contributed by atoms with Crippen LogP contribution in [0.5, 0.6) is 0 Å². The van der Waals surface area contributed by atoms with Gasteiger partial charge < -0.3 is 15.0 Å². The first-order valence-corrected chi connectivity index (χ1v) is 7.05. The number of hydrogen-bond acceptors (Lipinski definition) is 3. The Hall–Kier alpha value is -0.900. The Bertz CT molecular complexity index is 388. The van der Waals surface area contributed by atoms with E-state index in [1.165, 1.54) is 43.6 Å². The third kappa shape index (κ3) is 2.74. The van der Waals surface area contributed by atoms with Crippen LogP contribution in [0.2, 0.25) is 0 Å². The second-order valence-corrected chi connectivity index (χ2v) is 5.27. The fourth-order valence-corrected chi connectivity index (χ4v) is 2.95. The zero-order valence-electron chi connectivity index (χ0n) is 10.9. The van der Waals surface area contributed by atoms with Crippen molar-refractivity contribution in [2.24, 2.45) is 0 Å². The van der Waals surface area contributed by atoms with Gasteiger partial charge in [0.15, 0.2) is 0 Å². The van der Waals surface area contributed by atoms with Gasteiger partial charge in [0.2, 0.25) is 0 Å². The number of nitrogens with zero attached hydrogens (tertiary/aromatic N) is 1. The molecule has 1 fully saturated rings. The van der Waals surface area contributed by atoms with Crippen molar-refractivity contribution in [3.8, 4) is 0 Å². The number of rotatable bonds is 4. The molecule has 0 saturated carbocycles. The highest BCUT2D eigenvalue weighted by molar-refractivity contribution is 5.30. The molecule has 98 valence electrons. The summed E-state index contributed by atoms with van der Waals surface area (Å²) in [5.41, 5.74) is 2.76. The van der Waals surface area contributed by atoms with E-state index < -0.39 is 0 Å². The van der Waals surface area contributed by atoms with Crippen molar-refractivity contribution < 1.29 is 4.74 Å². The molecule has 0 amide bonds. The maximum atomic E-state index is 5.65. The molecular weight excluding hydrogens is 224 g/mol. The Morgan fingerprint density at radius 2 is 2.06 bits per heavy atom. The smallest absolute Gasteiger partial charge is 0.0721 e. The quantitative estimate of drug-likeness (QED) is 0.878. The van der Waals surface area contributed by atoms with Gasteiger partial charge in [-0.25, -0.2) is 0 Å². The van der Waals surface area contributed by atoms with Crippen LogP contribution in [0, 0.1) is 0 Å². The fourth-order valence-electron chi connectivity index (χ4n) is 2.95. The van der Waals surface area contributed by atoms with Gasteiger partial charge in [-0.3, -0.25) is 0 Å². The van der Waals surface area contributed by atoms with Crippen molar-refractivity contribution >= 4 is 0 Å². The molecule has 18 heavy (non-hydrogen) atoms. The van der Waals surface area contributed by atoms with E-state index in [9.17, 15) is 0 Å². The molecule has 0 aliphatic carbocycles. The van der Waals surface area contributed by atoms with Gasteiger partial charge in [0, 0.05) is 13.1 Å². The minimum atomic E-state index is 0.373. The van der Waals surface area contributed by atoms with E-state index >= 15 is 0 Å². The summed E-state index contributed by atoms with van der Waals surface area (Å²) in [4.78, 5) is 2.54. The lowest BCUT2D eigenvalue weighted by Gasteiger charge is -2.27. The summed E-state index contributed by atoms with van der Waals surface area (Å²) >= 11 is 0. The monoisotopic (exact) mass is 246 g/mol. The minimum Gasteiger partial charge on any atom is -0.375 e. The molecule has 3 heteroatoms. The first kappa shape index (κ1) is 12.2. The van der Waals surface area contributed by atoms with Gasteiger partial charge in [0.05, 0.1) is 19.3 Å². The van der Waals surface area contributed by atoms with Crippen molar-refractivity contribution in [1.29, 1.82) is 0 Å². The molecule has 1 aromatic rings. The van der Waals surface area contributed by atoms with E-state index in [-0.39, 0.29) is 0 Å². The summed E-state index contributed by atoms with van der Waals surface area (Å²) in [7, 11) is 0. The van der Waals surface area contributed by atoms with Crippen molar-refractivity contribution in [3.63, 3.8) is 0 Å². The van der Waals surface area contributed by atoms with Gasteiger partial charge in [0.1, 0.15) is 0 Å². The van der Waals surface area contributed by atoms with Crippen LogP contribution < -0.4 is 5.32 Å². The van der Waals surface area contributed by atoms with Crippen LogP contribution >= 0.6 is 0 Å². The zero-order valence-corrected chi connectivity index (χ0v) is 10.9. The van der Waals surface area contributed by atoms with E-state index in [1.54, 1.807) is 0 Å². The van der Waals surface area contributed by atoms with E-state index in [0.717, 1.165) is 19.8 Å². The van der Waals surface area contributed by atoms with Crippen molar-refractivity contribution in [2.45, 2.75) is 25.5 Å². The second-order valence-electron chi connectivity index (χ2n) is 5.27. The number of ether oxygens (including phenoxy) is 1. The third-order valence-electron chi connectivity index (χ3n) is 3.99. The van der Waals surface area contributed by atoms with Crippen LogP contribution in [-0.2, 0) is 11.3 Å². The summed E-state index contributed by atoms with van der Waals surface area (Å²) in [5.74, 6) is 0. The molecule has 2 heterocycles. The lowest BCUT2D eigenvalue weighted by Crippen LogP contribution is -2.35. The van der Waals surface area contributed by atoms with E-state index in [0.29, 0.717) is 6.04 Å². The minimum absolute atomic E-state index is 0.373. The van der Waals surface area contributed by atoms with Gasteiger partial charge >= 0.3 is 0 Å². The molecule has 1 unspecified atom stereocenters. The zero-order chi connectivity index (χ0) is 12.2. The molecule has 1 aromatic carbocycles. The van der Waals surface area contributed by atoms with Crippen LogP contribution in [-0.4, -0.2) is 37.7 Å². The van der Waals surface area contributed by atoms with Gasteiger partial charge in [-0.2, -0.15) is 0 Å². The van der Waals surface area contributed by atoms with Crippen LogP contribution in [0.15, 0.2) is 24.3 Å². The Morgan fingerprint density at radius 1 is 1.22 bits per heavy atom. The van der Waals surface area contributed by atoms with E-state index in [1.807, 2.05) is 0 Å². The summed E-state index contributed by atoms with van der Waals surface area (Å²) in [6.45, 7) is 6.34. The number of nitrogens with one attached hydrogen (secondary N) is 1. The SMILES string of the molecule is c1ccc2c(c1)COCC2NCCN1CCCC1. The highest BCUT2D eigenvalue weighted by Gasteiger charge is 2.20. The number of benzene rings is 1. The van der Waals surface area contributed by atoms with E-state index in [4.69, 9.17) is 4.74 Å². The molecule has 3 nitrogen and oxygen atoms in total. The molecule has 1 N–H and O–H groups in total. The Labute approximate surface area is 109 Å². The first-order chi connectivity index (χ1) is 8.93. The molecule has 2 aliphatic rings. The molecule has 1 saturated heterocycles. The van der Waals surface area contributed by atoms with Gasteiger partial charge in [-0.15, -0.1) is 0 Å². The standard InChI is InChI=1S/C15H22N2O/c1-2-6-14-13(5-1)11-18-12-15(14)16-7-10-17-8-3-4-9-17/h1-2,5-6,15-16H,3-4,7-12H2. The number of fused-ring (bicyclic) bond motifs is 1. The fraction of sp³-hybridized carbons (Fsp3) is 0.600. The second kappa shape index (κ2) is 5.83. The van der Waals surface area contributed by atoms with Gasteiger partial charge in [0.25, 0.3) is 0 Å². The normalized spacial score (nSPS) is 24.1. The van der Waals surface area contributed by atoms with Crippen molar-refractivity contribution in [1.82, 2.24) is 10.2 Å². The average molecular weight is 246 g/mol. The van der Waals surface area contributed by atoms with Gasteiger partial charge in [-0.1, -0.05) is 24.3 Å². The Balaban J connectivity index is 1.54. The number of hydrogen-bond donors (Lipinski definition) is 1. The molecule has 3 rings (SSSR count). The lowest BCUT2D eigenvalue weighted by molar-refractivity contribution is 0.0815. The topological polar surface area (TPSA) is 24.5 Å². The summed E-state index contributed by atoms with van der Waals surface area (Å²) in [6, 6.07) is 8.99. The van der Waals surface area contributed by atoms with Gasteiger partial charge in [-0.05, 0) is 37.1 Å². The van der Waals surface area contributed by atoms with Crippen LogP contribution in [0.3, 0.4) is 0 Å². The summed E-state index contributed by atoms with van der Waals surface area (Å²) in [6.07, 6.45) is 2.74. The Morgan fingerprint density at radius 3 is 2.94 bits per heavy atom. The molecule has 1 atom stereocenters. The van der Waals surface area contributed by atoms with Crippen LogP contribution in [0.1, 0.15) is 30.0 Å². The van der Waals surface area contributed by atoms with Crippen LogP contribution in [0.25, 0.3) is 0 Å². The molecule has 2 aliphatic heterocycles. The first-order valence-electron chi connectivity index (χ1n) is 7.05. The molecule has 0 spiro atoms. The maximum absolute atomic E-state index is 5.65. The van der Waals surface area contributed by atoms with Crippen LogP contribution in [0.4, 0.5) is 0 Å². The predicted octanol–water partition coefficient (Wildman–Crippen LogP) is 1.94. The summed E-state index contributed by atoms with van der Waals surface area (Å²) in [5, 5.41) is 3.64. The maximum Gasteiger partial charge on any atom is 0.0721 e. The third-order valence-corrected chi connectivity index (χ3v) is 3.99. The van der Waals surface area contributed by atoms with Crippen molar-refractivity contribution in [3.05, 3.63) is 35.4 Å². The molecular formula is C15H22N2O. The lowest BCUT2D eigenvalue weighted by atomic mass is 9.99. The molecule has 0 bridgehead atoms. The summed E-state index contributed by atoms with van der Waals surface area (Å²) < 4.78 is 5.65. The van der Waals surface area contributed by atoms with Crippen molar-refractivity contribution in [2.75, 3.05) is 32.8 Å². The molecule has 0 aromatic heterocycles. The molecule has 0 radical (unpaired) electrons. The number of likely N-dealkylation sites (tertiary alicyclic amines) is 1. The van der Waals surface area contributed by atoms with E-state index in [2.05, 4.69) is 34.5 Å². The average Bonchev–Trinajstić information content (AvgIpc) is 2.92. The predicted molar refractivity (Wildman–Crippen MR) is 72.5 cm³/mol. The largest absolute Gasteiger partial charge is 0.375 e. The highest BCUT2D eigenvalue weighted by Crippen LogP contribution is 2.24. The Kier molecular flexibility index (Phi) is 3.93. The highest BCUT2D eigenvalue weighted by atomic mass is 16.5.